The Labute approximate surface area is 112 Å². The summed E-state index contributed by atoms with van der Waals surface area (Å²) in [6.45, 7) is 0. The summed E-state index contributed by atoms with van der Waals surface area (Å²) < 4.78 is 37.9. The van der Waals surface area contributed by atoms with E-state index >= 15 is 0 Å². The highest BCUT2D eigenvalue weighted by molar-refractivity contribution is 7.99. The van der Waals surface area contributed by atoms with Crippen LogP contribution in [0.5, 0.6) is 5.75 Å². The van der Waals surface area contributed by atoms with Gasteiger partial charge in [-0.15, -0.1) is 0 Å². The molecule has 2 aromatic carbocycles. The second-order valence-corrected chi connectivity index (χ2v) is 4.99. The fraction of sp³-hybridized carbons (Fsp3) is 0.0769. The molecule has 100 valence electrons. The number of nitrogen functional groups attached to an aromatic ring is 1. The highest BCUT2D eigenvalue weighted by Crippen LogP contribution is 2.39. The van der Waals surface area contributed by atoms with Crippen molar-refractivity contribution in [3.63, 3.8) is 0 Å². The first-order valence-corrected chi connectivity index (χ1v) is 6.11. The van der Waals surface area contributed by atoms with E-state index in [0.717, 1.165) is 17.0 Å². The molecule has 0 saturated heterocycles. The molecule has 0 unspecified atom stereocenters. The highest BCUT2D eigenvalue weighted by atomic mass is 32.2. The lowest BCUT2D eigenvalue weighted by atomic mass is 10.2. The number of rotatable bonds is 2. The van der Waals surface area contributed by atoms with E-state index in [0.29, 0.717) is 10.6 Å². The summed E-state index contributed by atoms with van der Waals surface area (Å²) in [6, 6.07) is 10.2. The Morgan fingerprint density at radius 3 is 2.11 bits per heavy atom. The number of nitrogens with two attached hydrogens (primary N) is 1. The smallest absolute Gasteiger partial charge is 0.419 e. The maximum absolute atomic E-state index is 12.6. The predicted octanol–water partition coefficient (Wildman–Crippen LogP) is 4.14. The second-order valence-electron chi connectivity index (χ2n) is 3.85. The third-order valence-corrected chi connectivity index (χ3v) is 3.39. The summed E-state index contributed by atoms with van der Waals surface area (Å²) in [4.78, 5) is 1.17. The second kappa shape index (κ2) is 5.05. The number of hydrogen-bond donors (Lipinski definition) is 2. The number of phenols is 1. The average molecular weight is 285 g/mol. The standard InChI is InChI=1S/C13H10F3NOS/c14-13(15,16)11-7-10(5-6-12(11)18)19-9-3-1-8(17)2-4-9/h1-7,18H,17H2. The lowest BCUT2D eigenvalue weighted by molar-refractivity contribution is -0.138. The molecule has 0 aliphatic heterocycles. The predicted molar refractivity (Wildman–Crippen MR) is 68.1 cm³/mol. The van der Waals surface area contributed by atoms with Gasteiger partial charge in [0.25, 0.3) is 0 Å². The van der Waals surface area contributed by atoms with E-state index in [-0.39, 0.29) is 0 Å². The largest absolute Gasteiger partial charge is 0.507 e. The molecule has 6 heteroatoms. The molecule has 0 heterocycles. The number of aromatic hydroxyl groups is 1. The summed E-state index contributed by atoms with van der Waals surface area (Å²) in [5, 5.41) is 9.23. The van der Waals surface area contributed by atoms with Gasteiger partial charge in [0.2, 0.25) is 0 Å². The van der Waals surface area contributed by atoms with Crippen molar-refractivity contribution >= 4 is 17.4 Å². The molecule has 19 heavy (non-hydrogen) atoms. The molecule has 0 aliphatic carbocycles. The Balaban J connectivity index is 2.29. The minimum absolute atomic E-state index is 0.398. The number of anilines is 1. The van der Waals surface area contributed by atoms with Crippen LogP contribution in [0.4, 0.5) is 18.9 Å². The molecule has 0 fully saturated rings. The van der Waals surface area contributed by atoms with Crippen molar-refractivity contribution in [1.82, 2.24) is 0 Å². The van der Waals surface area contributed by atoms with Gasteiger partial charge in [0.1, 0.15) is 5.75 Å². The summed E-state index contributed by atoms with van der Waals surface area (Å²) in [7, 11) is 0. The lowest BCUT2D eigenvalue weighted by Crippen LogP contribution is -2.05. The van der Waals surface area contributed by atoms with E-state index in [1.807, 2.05) is 0 Å². The summed E-state index contributed by atoms with van der Waals surface area (Å²) in [5.74, 6) is -0.769. The van der Waals surface area contributed by atoms with Gasteiger partial charge < -0.3 is 10.8 Å². The van der Waals surface area contributed by atoms with E-state index in [9.17, 15) is 18.3 Å². The summed E-state index contributed by atoms with van der Waals surface area (Å²) >= 11 is 1.17. The van der Waals surface area contributed by atoms with Crippen LogP contribution in [-0.4, -0.2) is 5.11 Å². The van der Waals surface area contributed by atoms with Crippen LogP contribution >= 0.6 is 11.8 Å². The zero-order chi connectivity index (χ0) is 14.0. The first kappa shape index (κ1) is 13.6. The molecule has 0 radical (unpaired) electrons. The van der Waals surface area contributed by atoms with Crippen LogP contribution in [0.15, 0.2) is 52.3 Å². The van der Waals surface area contributed by atoms with Crippen molar-refractivity contribution in [2.24, 2.45) is 0 Å². The molecule has 3 N–H and O–H groups in total. The Hall–Kier alpha value is -1.82. The topological polar surface area (TPSA) is 46.2 Å². The SMILES string of the molecule is Nc1ccc(Sc2ccc(O)c(C(F)(F)F)c2)cc1. The van der Waals surface area contributed by atoms with Gasteiger partial charge in [0, 0.05) is 15.5 Å². The van der Waals surface area contributed by atoms with Crippen LogP contribution in [0.1, 0.15) is 5.56 Å². The van der Waals surface area contributed by atoms with E-state index in [2.05, 4.69) is 0 Å². The molecule has 2 nitrogen and oxygen atoms in total. The van der Waals surface area contributed by atoms with E-state index < -0.39 is 17.5 Å². The molecule has 0 aliphatic rings. The molecule has 0 atom stereocenters. The van der Waals surface area contributed by atoms with E-state index in [1.165, 1.54) is 17.8 Å². The van der Waals surface area contributed by atoms with Crippen LogP contribution in [0.2, 0.25) is 0 Å². The molecule has 0 amide bonds. The van der Waals surface area contributed by atoms with Crippen LogP contribution in [0, 0.1) is 0 Å². The molecular weight excluding hydrogens is 275 g/mol. The molecule has 0 spiro atoms. The van der Waals surface area contributed by atoms with Crippen molar-refractivity contribution in [3.8, 4) is 5.75 Å². The molecule has 2 aromatic rings. The first-order valence-electron chi connectivity index (χ1n) is 5.30. The van der Waals surface area contributed by atoms with Crippen molar-refractivity contribution in [1.29, 1.82) is 0 Å². The molecule has 2 rings (SSSR count). The Kier molecular flexibility index (Phi) is 3.61. The minimum Gasteiger partial charge on any atom is -0.507 e. The van der Waals surface area contributed by atoms with Crippen LogP contribution in [-0.2, 0) is 6.18 Å². The number of halogens is 3. The van der Waals surface area contributed by atoms with E-state index in [4.69, 9.17) is 5.73 Å². The van der Waals surface area contributed by atoms with Gasteiger partial charge in [-0.2, -0.15) is 13.2 Å². The minimum atomic E-state index is -4.57. The van der Waals surface area contributed by atoms with Gasteiger partial charge in [-0.3, -0.25) is 0 Å². The monoisotopic (exact) mass is 285 g/mol. The number of phenolic OH excluding ortho intramolecular Hbond substituents is 1. The maximum Gasteiger partial charge on any atom is 0.419 e. The normalized spacial score (nSPS) is 11.5. The number of alkyl halides is 3. The van der Waals surface area contributed by atoms with Gasteiger partial charge in [-0.05, 0) is 42.5 Å². The third-order valence-electron chi connectivity index (χ3n) is 2.39. The van der Waals surface area contributed by atoms with Crippen LogP contribution in [0.3, 0.4) is 0 Å². The van der Waals surface area contributed by atoms with Crippen LogP contribution in [0.25, 0.3) is 0 Å². The van der Waals surface area contributed by atoms with Gasteiger partial charge in [0.15, 0.2) is 0 Å². The highest BCUT2D eigenvalue weighted by Gasteiger charge is 2.34. The van der Waals surface area contributed by atoms with Crippen molar-refractivity contribution in [2.75, 3.05) is 5.73 Å². The lowest BCUT2D eigenvalue weighted by Gasteiger charge is -2.10. The zero-order valence-electron chi connectivity index (χ0n) is 9.61. The van der Waals surface area contributed by atoms with Gasteiger partial charge in [-0.1, -0.05) is 11.8 Å². The number of hydrogen-bond acceptors (Lipinski definition) is 3. The zero-order valence-corrected chi connectivity index (χ0v) is 10.4. The third kappa shape index (κ3) is 3.35. The van der Waals surface area contributed by atoms with Crippen molar-refractivity contribution < 1.29 is 18.3 Å². The molecule has 0 aromatic heterocycles. The van der Waals surface area contributed by atoms with E-state index in [1.54, 1.807) is 24.3 Å². The summed E-state index contributed by atoms with van der Waals surface area (Å²) in [5.41, 5.74) is 5.08. The molecule has 0 bridgehead atoms. The van der Waals surface area contributed by atoms with Crippen LogP contribution < -0.4 is 5.73 Å². The molecular formula is C13H10F3NOS. The fourth-order valence-electron chi connectivity index (χ4n) is 1.48. The van der Waals surface area contributed by atoms with Crippen molar-refractivity contribution in [2.45, 2.75) is 16.0 Å². The molecule has 0 saturated carbocycles. The Bertz CT molecular complexity index is 581. The average Bonchev–Trinajstić information content (AvgIpc) is 2.33. The Morgan fingerprint density at radius 2 is 1.53 bits per heavy atom. The quantitative estimate of drug-likeness (QED) is 0.815. The van der Waals surface area contributed by atoms with Gasteiger partial charge >= 0.3 is 6.18 Å². The van der Waals surface area contributed by atoms with Gasteiger partial charge in [-0.25, -0.2) is 0 Å². The summed E-state index contributed by atoms with van der Waals surface area (Å²) in [6.07, 6.45) is -4.57. The van der Waals surface area contributed by atoms with Crippen molar-refractivity contribution in [3.05, 3.63) is 48.0 Å². The fourth-order valence-corrected chi connectivity index (χ4v) is 2.33. The first-order chi connectivity index (χ1) is 8.86. The maximum atomic E-state index is 12.6. The number of benzene rings is 2. The van der Waals surface area contributed by atoms with Gasteiger partial charge in [0.05, 0.1) is 5.56 Å². The Morgan fingerprint density at radius 1 is 0.947 bits per heavy atom.